The quantitative estimate of drug-likeness (QED) is 0.599. The summed E-state index contributed by atoms with van der Waals surface area (Å²) in [7, 11) is 1.86. The van der Waals surface area contributed by atoms with E-state index >= 15 is 0 Å². The van der Waals surface area contributed by atoms with E-state index in [1.165, 1.54) is 0 Å². The third-order valence-corrected chi connectivity index (χ3v) is 4.09. The topological polar surface area (TPSA) is 85.7 Å². The molecule has 26 heavy (non-hydrogen) atoms. The summed E-state index contributed by atoms with van der Waals surface area (Å²) < 4.78 is 7.46. The van der Waals surface area contributed by atoms with Gasteiger partial charge in [0, 0.05) is 24.5 Å². The first-order valence-corrected chi connectivity index (χ1v) is 8.22. The molecule has 0 fully saturated rings. The summed E-state index contributed by atoms with van der Waals surface area (Å²) in [6, 6.07) is 9.00. The van der Waals surface area contributed by atoms with Crippen LogP contribution in [-0.4, -0.2) is 24.5 Å². The molecule has 0 bridgehead atoms. The molecule has 130 valence electrons. The Hall–Kier alpha value is -3.19. The SMILES string of the molecule is Cn1cnc(-c2nccc3c(=O)[nH]c(OCc4ccc(Cl)cc4)nc23)c1. The summed E-state index contributed by atoms with van der Waals surface area (Å²) in [6.07, 6.45) is 5.05. The lowest BCUT2D eigenvalue weighted by molar-refractivity contribution is 0.281. The highest BCUT2D eigenvalue weighted by Gasteiger charge is 2.13. The van der Waals surface area contributed by atoms with Crippen LogP contribution in [0.25, 0.3) is 22.3 Å². The number of rotatable bonds is 4. The summed E-state index contributed by atoms with van der Waals surface area (Å²) in [5.74, 6) is 0. The van der Waals surface area contributed by atoms with Gasteiger partial charge in [-0.1, -0.05) is 23.7 Å². The van der Waals surface area contributed by atoms with E-state index in [9.17, 15) is 4.79 Å². The second-order valence-electron chi connectivity index (χ2n) is 5.77. The van der Waals surface area contributed by atoms with Crippen LogP contribution in [0.5, 0.6) is 6.01 Å². The number of aryl methyl sites for hydroxylation is 1. The Morgan fingerprint density at radius 1 is 1.19 bits per heavy atom. The number of aromatic amines is 1. The van der Waals surface area contributed by atoms with E-state index in [-0.39, 0.29) is 18.2 Å². The molecule has 0 atom stereocenters. The number of hydrogen-bond acceptors (Lipinski definition) is 5. The lowest BCUT2D eigenvalue weighted by atomic mass is 10.2. The average molecular weight is 368 g/mol. The molecular formula is C18H14ClN5O2. The molecule has 4 rings (SSSR count). The van der Waals surface area contributed by atoms with E-state index in [1.807, 2.05) is 25.4 Å². The Balaban J connectivity index is 1.72. The number of aromatic nitrogens is 5. The van der Waals surface area contributed by atoms with Crippen molar-refractivity contribution in [3.63, 3.8) is 0 Å². The van der Waals surface area contributed by atoms with Crippen LogP contribution < -0.4 is 10.3 Å². The molecule has 0 aliphatic heterocycles. The van der Waals surface area contributed by atoms with Gasteiger partial charge in [0.05, 0.1) is 11.7 Å². The van der Waals surface area contributed by atoms with Gasteiger partial charge in [-0.15, -0.1) is 0 Å². The van der Waals surface area contributed by atoms with E-state index in [2.05, 4.69) is 19.9 Å². The van der Waals surface area contributed by atoms with Crippen molar-refractivity contribution in [2.45, 2.75) is 6.61 Å². The zero-order valence-electron chi connectivity index (χ0n) is 13.8. The molecule has 0 aliphatic carbocycles. The Bertz CT molecular complexity index is 1130. The zero-order valence-corrected chi connectivity index (χ0v) is 14.6. The van der Waals surface area contributed by atoms with Crippen molar-refractivity contribution in [3.05, 3.63) is 70.0 Å². The van der Waals surface area contributed by atoms with E-state index in [1.54, 1.807) is 35.3 Å². The van der Waals surface area contributed by atoms with Crippen LogP contribution in [-0.2, 0) is 13.7 Å². The molecule has 0 saturated carbocycles. The fourth-order valence-electron chi connectivity index (χ4n) is 2.57. The second-order valence-corrected chi connectivity index (χ2v) is 6.20. The number of imidazole rings is 1. The molecule has 4 aromatic rings. The lowest BCUT2D eigenvalue weighted by Crippen LogP contribution is -2.12. The fraction of sp³-hybridized carbons (Fsp3) is 0.111. The van der Waals surface area contributed by atoms with Crippen LogP contribution in [0, 0.1) is 0 Å². The van der Waals surface area contributed by atoms with Crippen LogP contribution in [0.2, 0.25) is 5.02 Å². The van der Waals surface area contributed by atoms with E-state index in [0.717, 1.165) is 5.56 Å². The fourth-order valence-corrected chi connectivity index (χ4v) is 2.69. The summed E-state index contributed by atoms with van der Waals surface area (Å²) in [6.45, 7) is 0.255. The molecule has 8 heteroatoms. The number of H-pyrrole nitrogens is 1. The molecule has 7 nitrogen and oxygen atoms in total. The maximum absolute atomic E-state index is 12.4. The highest BCUT2D eigenvalue weighted by atomic mass is 35.5. The Morgan fingerprint density at radius 2 is 2.00 bits per heavy atom. The van der Waals surface area contributed by atoms with Gasteiger partial charge < -0.3 is 9.30 Å². The first kappa shape index (κ1) is 16.3. The summed E-state index contributed by atoms with van der Waals surface area (Å²) in [5.41, 5.74) is 2.24. The van der Waals surface area contributed by atoms with Crippen LogP contribution >= 0.6 is 11.6 Å². The number of nitrogens with zero attached hydrogens (tertiary/aromatic N) is 4. The number of pyridine rings is 1. The Labute approximate surface area is 153 Å². The standard InChI is InChI=1S/C18H14ClN5O2/c1-24-8-14(21-10-24)16-15-13(6-7-20-16)17(25)23-18(22-15)26-9-11-2-4-12(19)5-3-11/h2-8,10H,9H2,1H3,(H,22,23,25). The van der Waals surface area contributed by atoms with Crippen molar-refractivity contribution in [2.75, 3.05) is 0 Å². The van der Waals surface area contributed by atoms with Crippen molar-refractivity contribution in [3.8, 4) is 17.4 Å². The molecule has 1 N–H and O–H groups in total. The maximum atomic E-state index is 12.4. The summed E-state index contributed by atoms with van der Waals surface area (Å²) in [4.78, 5) is 28.1. The van der Waals surface area contributed by atoms with Gasteiger partial charge in [0.25, 0.3) is 11.6 Å². The van der Waals surface area contributed by atoms with Crippen molar-refractivity contribution >= 4 is 22.5 Å². The molecule has 0 aliphatic rings. The molecular weight excluding hydrogens is 354 g/mol. The van der Waals surface area contributed by atoms with Gasteiger partial charge in [-0.3, -0.25) is 14.8 Å². The third kappa shape index (κ3) is 3.16. The van der Waals surface area contributed by atoms with E-state index in [4.69, 9.17) is 16.3 Å². The number of fused-ring (bicyclic) bond motifs is 1. The largest absolute Gasteiger partial charge is 0.460 e. The van der Waals surface area contributed by atoms with Crippen molar-refractivity contribution in [2.24, 2.45) is 7.05 Å². The molecule has 3 aromatic heterocycles. The number of ether oxygens (including phenoxy) is 1. The van der Waals surface area contributed by atoms with Gasteiger partial charge >= 0.3 is 0 Å². The highest BCUT2D eigenvalue weighted by molar-refractivity contribution is 6.30. The molecule has 1 aromatic carbocycles. The Kier molecular flexibility index (Phi) is 4.14. The van der Waals surface area contributed by atoms with Gasteiger partial charge in [0.2, 0.25) is 0 Å². The predicted molar refractivity (Wildman–Crippen MR) is 98.1 cm³/mol. The van der Waals surface area contributed by atoms with Gasteiger partial charge in [-0.05, 0) is 23.8 Å². The minimum Gasteiger partial charge on any atom is -0.460 e. The monoisotopic (exact) mass is 367 g/mol. The van der Waals surface area contributed by atoms with Crippen LogP contribution in [0.3, 0.4) is 0 Å². The number of benzene rings is 1. The molecule has 3 heterocycles. The molecule has 0 amide bonds. The second kappa shape index (κ2) is 6.61. The predicted octanol–water partition coefficient (Wildman–Crippen LogP) is 2.95. The maximum Gasteiger partial charge on any atom is 0.297 e. The minimum atomic E-state index is -0.291. The lowest BCUT2D eigenvalue weighted by Gasteiger charge is -2.07. The van der Waals surface area contributed by atoms with Gasteiger partial charge in [0.15, 0.2) is 0 Å². The summed E-state index contributed by atoms with van der Waals surface area (Å²) in [5, 5.41) is 1.08. The third-order valence-electron chi connectivity index (χ3n) is 3.84. The molecule has 0 spiro atoms. The molecule has 0 radical (unpaired) electrons. The molecule has 0 saturated heterocycles. The van der Waals surface area contributed by atoms with Crippen molar-refractivity contribution < 1.29 is 4.74 Å². The number of nitrogens with one attached hydrogen (secondary N) is 1. The first-order chi connectivity index (χ1) is 12.6. The normalized spacial score (nSPS) is 11.0. The summed E-state index contributed by atoms with van der Waals surface area (Å²) >= 11 is 5.88. The van der Waals surface area contributed by atoms with Gasteiger partial charge in [-0.2, -0.15) is 4.98 Å². The van der Waals surface area contributed by atoms with Crippen LogP contribution in [0.4, 0.5) is 0 Å². The number of halogens is 1. The first-order valence-electron chi connectivity index (χ1n) is 7.85. The van der Waals surface area contributed by atoms with Gasteiger partial charge in [-0.25, -0.2) is 4.98 Å². The zero-order chi connectivity index (χ0) is 18.1. The van der Waals surface area contributed by atoms with E-state index < -0.39 is 0 Å². The molecule has 0 unspecified atom stereocenters. The van der Waals surface area contributed by atoms with Crippen LogP contribution in [0.1, 0.15) is 5.56 Å². The van der Waals surface area contributed by atoms with Crippen LogP contribution in [0.15, 0.2) is 53.8 Å². The minimum absolute atomic E-state index is 0.127. The smallest absolute Gasteiger partial charge is 0.297 e. The van der Waals surface area contributed by atoms with E-state index in [0.29, 0.717) is 27.3 Å². The highest BCUT2D eigenvalue weighted by Crippen LogP contribution is 2.22. The van der Waals surface area contributed by atoms with Crippen molar-refractivity contribution in [1.29, 1.82) is 0 Å². The van der Waals surface area contributed by atoms with Gasteiger partial charge in [0.1, 0.15) is 23.5 Å². The average Bonchev–Trinajstić information content (AvgIpc) is 3.07. The Morgan fingerprint density at radius 3 is 2.73 bits per heavy atom. The number of hydrogen-bond donors (Lipinski definition) is 1. The van der Waals surface area contributed by atoms with Crippen molar-refractivity contribution in [1.82, 2.24) is 24.5 Å².